The van der Waals surface area contributed by atoms with Gasteiger partial charge in [0.1, 0.15) is 0 Å². The molecule has 2 aliphatic rings. The molecule has 1 aromatic heterocycles. The van der Waals surface area contributed by atoms with E-state index in [4.69, 9.17) is 0 Å². The molecule has 2 aliphatic heterocycles. The van der Waals surface area contributed by atoms with E-state index in [2.05, 4.69) is 5.10 Å². The van der Waals surface area contributed by atoms with Crippen LogP contribution in [0, 0.1) is 18.8 Å². The molecule has 146 valence electrons. The maximum Gasteiger partial charge on any atom is 0.274 e. The van der Waals surface area contributed by atoms with E-state index in [0.717, 1.165) is 12.1 Å². The number of hydrogen-bond acceptors (Lipinski definition) is 4. The Kier molecular flexibility index (Phi) is 5.35. The van der Waals surface area contributed by atoms with Crippen LogP contribution >= 0.6 is 0 Å². The number of alkyl halides is 2. The molecule has 1 aromatic rings. The van der Waals surface area contributed by atoms with Gasteiger partial charge in [0.15, 0.2) is 5.69 Å². The Bertz CT molecular complexity index is 644. The normalized spacial score (nSPS) is 28.8. The number of rotatable bonds is 5. The van der Waals surface area contributed by atoms with Crippen molar-refractivity contribution in [3.05, 3.63) is 17.5 Å². The van der Waals surface area contributed by atoms with Gasteiger partial charge in [0.05, 0.1) is 19.2 Å². The van der Waals surface area contributed by atoms with Gasteiger partial charge >= 0.3 is 0 Å². The Hall–Kier alpha value is -1.54. The summed E-state index contributed by atoms with van der Waals surface area (Å²) in [6.07, 6.45) is 0.729. The van der Waals surface area contributed by atoms with Crippen molar-refractivity contribution in [2.45, 2.75) is 38.7 Å². The predicted molar refractivity (Wildman–Crippen MR) is 93.1 cm³/mol. The molecule has 3 heterocycles. The molecule has 0 aliphatic carbocycles. The third kappa shape index (κ3) is 3.62. The number of aromatic nitrogens is 2. The Balaban J connectivity index is 1.77. The highest BCUT2D eigenvalue weighted by atomic mass is 19.3. The second kappa shape index (κ2) is 7.23. The van der Waals surface area contributed by atoms with Gasteiger partial charge in [0, 0.05) is 38.8 Å². The Morgan fingerprint density at radius 1 is 1.46 bits per heavy atom. The summed E-state index contributed by atoms with van der Waals surface area (Å²) in [6, 6.07) is 1.38. The van der Waals surface area contributed by atoms with E-state index in [1.165, 1.54) is 0 Å². The third-order valence-corrected chi connectivity index (χ3v) is 5.95. The van der Waals surface area contributed by atoms with Gasteiger partial charge in [-0.3, -0.25) is 14.4 Å². The highest BCUT2D eigenvalue weighted by Crippen LogP contribution is 2.36. The fourth-order valence-electron chi connectivity index (χ4n) is 4.31. The average molecular weight is 370 g/mol. The van der Waals surface area contributed by atoms with E-state index in [0.29, 0.717) is 25.3 Å². The number of aliphatic hydroxyl groups is 1. The van der Waals surface area contributed by atoms with E-state index >= 15 is 0 Å². The lowest BCUT2D eigenvalue weighted by molar-refractivity contribution is 0.00884. The molecule has 6 nitrogen and oxygen atoms in total. The molecule has 26 heavy (non-hydrogen) atoms. The van der Waals surface area contributed by atoms with E-state index in [1.807, 2.05) is 13.8 Å². The van der Waals surface area contributed by atoms with Crippen molar-refractivity contribution in [2.75, 3.05) is 32.8 Å². The molecule has 0 bridgehead atoms. The van der Waals surface area contributed by atoms with Crippen LogP contribution in [0.5, 0.6) is 0 Å². The fraction of sp³-hybridized carbons (Fsp3) is 0.778. The summed E-state index contributed by atoms with van der Waals surface area (Å²) in [4.78, 5) is 16.4. The molecule has 2 saturated heterocycles. The largest absolute Gasteiger partial charge is 0.394 e. The van der Waals surface area contributed by atoms with Gasteiger partial charge in [-0.1, -0.05) is 13.3 Å². The van der Waals surface area contributed by atoms with Crippen LogP contribution in [0.2, 0.25) is 0 Å². The lowest BCUT2D eigenvalue weighted by Crippen LogP contribution is -2.43. The second-order valence-electron chi connectivity index (χ2n) is 7.68. The van der Waals surface area contributed by atoms with Crippen molar-refractivity contribution in [3.63, 3.8) is 0 Å². The van der Waals surface area contributed by atoms with E-state index in [1.54, 1.807) is 27.6 Å². The first-order valence-corrected chi connectivity index (χ1v) is 9.28. The first-order valence-electron chi connectivity index (χ1n) is 9.28. The second-order valence-corrected chi connectivity index (χ2v) is 7.68. The molecule has 0 radical (unpaired) electrons. The van der Waals surface area contributed by atoms with Crippen molar-refractivity contribution >= 4 is 5.91 Å². The van der Waals surface area contributed by atoms with E-state index < -0.39 is 5.92 Å². The number of halogens is 2. The van der Waals surface area contributed by atoms with Gasteiger partial charge in [-0.2, -0.15) is 5.10 Å². The summed E-state index contributed by atoms with van der Waals surface area (Å²) in [5, 5.41) is 14.2. The van der Waals surface area contributed by atoms with Gasteiger partial charge in [-0.15, -0.1) is 0 Å². The number of carbonyl (C=O) groups excluding carboxylic acids is 1. The van der Waals surface area contributed by atoms with Crippen LogP contribution < -0.4 is 0 Å². The Labute approximate surface area is 152 Å². The van der Waals surface area contributed by atoms with Crippen molar-refractivity contribution in [3.8, 4) is 0 Å². The highest BCUT2D eigenvalue weighted by Gasteiger charge is 2.46. The van der Waals surface area contributed by atoms with Crippen molar-refractivity contribution in [1.82, 2.24) is 19.6 Å². The van der Waals surface area contributed by atoms with E-state index in [9.17, 15) is 18.7 Å². The van der Waals surface area contributed by atoms with Crippen LogP contribution in [0.3, 0.4) is 0 Å². The standard InChI is InChI=1S/C18H28F2N4O2/c1-4-13-8-24(17(26)15-7-12(2)22(3)21-15)16(10-25)14(13)9-23-6-5-18(19,20)11-23/h7,13-14,16,25H,4-6,8-11H2,1-3H3/t13-,14-,16-/m1/s1. The van der Waals surface area contributed by atoms with Gasteiger partial charge in [0.2, 0.25) is 0 Å². The predicted octanol–water partition coefficient (Wildman–Crippen LogP) is 1.53. The zero-order valence-electron chi connectivity index (χ0n) is 15.7. The van der Waals surface area contributed by atoms with Crippen molar-refractivity contribution < 1.29 is 18.7 Å². The third-order valence-electron chi connectivity index (χ3n) is 5.95. The molecule has 1 N–H and O–H groups in total. The number of aliphatic hydroxyl groups excluding tert-OH is 1. The van der Waals surface area contributed by atoms with Gasteiger partial charge in [-0.25, -0.2) is 8.78 Å². The highest BCUT2D eigenvalue weighted by molar-refractivity contribution is 5.93. The molecule has 0 unspecified atom stereocenters. The minimum absolute atomic E-state index is 0.00680. The van der Waals surface area contributed by atoms with Crippen molar-refractivity contribution in [1.29, 1.82) is 0 Å². The molecule has 3 atom stereocenters. The van der Waals surface area contributed by atoms with Crippen LogP contribution in [0.4, 0.5) is 8.78 Å². The number of carbonyl (C=O) groups is 1. The molecule has 3 rings (SSSR count). The monoisotopic (exact) mass is 370 g/mol. The van der Waals surface area contributed by atoms with E-state index in [-0.39, 0.29) is 43.4 Å². The zero-order valence-corrected chi connectivity index (χ0v) is 15.7. The van der Waals surface area contributed by atoms with Crippen LogP contribution in [-0.4, -0.2) is 75.3 Å². The van der Waals surface area contributed by atoms with Gasteiger partial charge < -0.3 is 10.0 Å². The first kappa shape index (κ1) is 19.2. The molecular weight excluding hydrogens is 342 g/mol. The number of aryl methyl sites for hydroxylation is 2. The van der Waals surface area contributed by atoms with Crippen LogP contribution in [-0.2, 0) is 7.05 Å². The Morgan fingerprint density at radius 2 is 2.19 bits per heavy atom. The fourth-order valence-corrected chi connectivity index (χ4v) is 4.31. The minimum Gasteiger partial charge on any atom is -0.394 e. The molecule has 0 saturated carbocycles. The van der Waals surface area contributed by atoms with Gasteiger partial charge in [0.25, 0.3) is 11.8 Å². The summed E-state index contributed by atoms with van der Waals surface area (Å²) in [5.41, 5.74) is 1.25. The van der Waals surface area contributed by atoms with Crippen LogP contribution in [0.25, 0.3) is 0 Å². The molecule has 2 fully saturated rings. The SMILES string of the molecule is CC[C@@H]1CN(C(=O)c2cc(C)n(C)n2)[C@H](CO)[C@@H]1CN1CCC(F)(F)C1. The Morgan fingerprint density at radius 3 is 2.69 bits per heavy atom. The maximum absolute atomic E-state index is 13.5. The summed E-state index contributed by atoms with van der Waals surface area (Å²) in [6.45, 7) is 4.92. The summed E-state index contributed by atoms with van der Waals surface area (Å²) in [7, 11) is 1.78. The lowest BCUT2D eigenvalue weighted by atomic mass is 9.88. The molecule has 8 heteroatoms. The number of nitrogens with zero attached hydrogens (tertiary/aromatic N) is 4. The lowest BCUT2D eigenvalue weighted by Gasteiger charge is -2.29. The molecule has 0 spiro atoms. The quantitative estimate of drug-likeness (QED) is 0.854. The first-order chi connectivity index (χ1) is 12.3. The zero-order chi connectivity index (χ0) is 19.1. The topological polar surface area (TPSA) is 61.6 Å². The number of amides is 1. The summed E-state index contributed by atoms with van der Waals surface area (Å²) >= 11 is 0. The van der Waals surface area contributed by atoms with Crippen LogP contribution in [0.15, 0.2) is 6.07 Å². The van der Waals surface area contributed by atoms with Crippen LogP contribution in [0.1, 0.15) is 35.9 Å². The average Bonchev–Trinajstić information content (AvgIpc) is 3.23. The molecular formula is C18H28F2N4O2. The summed E-state index contributed by atoms with van der Waals surface area (Å²) in [5.74, 6) is -2.64. The molecule has 0 aromatic carbocycles. The number of likely N-dealkylation sites (tertiary alicyclic amines) is 2. The van der Waals surface area contributed by atoms with Gasteiger partial charge in [-0.05, 0) is 24.8 Å². The maximum atomic E-state index is 13.5. The molecule has 1 amide bonds. The minimum atomic E-state index is -2.63. The summed E-state index contributed by atoms with van der Waals surface area (Å²) < 4.78 is 28.7. The number of hydrogen-bond donors (Lipinski definition) is 1. The van der Waals surface area contributed by atoms with Crippen molar-refractivity contribution in [2.24, 2.45) is 18.9 Å². The smallest absolute Gasteiger partial charge is 0.274 e.